The average molecular weight is 684 g/mol. The second-order valence-electron chi connectivity index (χ2n) is 10.2. The Morgan fingerprint density at radius 3 is 2.11 bits per heavy atom. The van der Waals surface area contributed by atoms with Gasteiger partial charge >= 0.3 is 12.4 Å². The molecule has 1 aliphatic heterocycles. The van der Waals surface area contributed by atoms with E-state index in [-0.39, 0.29) is 47.1 Å². The van der Waals surface area contributed by atoms with Crippen LogP contribution in [0.15, 0.2) is 65.6 Å². The Labute approximate surface area is 259 Å². The van der Waals surface area contributed by atoms with Crippen molar-refractivity contribution in [2.75, 3.05) is 26.3 Å². The van der Waals surface area contributed by atoms with E-state index < -0.39 is 63.7 Å². The van der Waals surface area contributed by atoms with E-state index >= 15 is 0 Å². The molecule has 44 heavy (non-hydrogen) atoms. The highest BCUT2D eigenvalue weighted by Gasteiger charge is 2.41. The second-order valence-corrected chi connectivity index (χ2v) is 12.6. The number of benzene rings is 3. The monoisotopic (exact) mass is 683 g/mol. The van der Waals surface area contributed by atoms with Gasteiger partial charge in [-0.25, -0.2) is 0 Å². The quantitative estimate of drug-likeness (QED) is 0.182. The standard InChI is InChI=1S/C29H25Cl2F6NO5S/c1-18-2-5-23(6-3-18)44(40,41)43-10-8-27(20-4-7-24(30)25(31)16-20)17-38(9-11-42-27)26(39)14-19-12-21(28(32,33)34)15-22(13-19)29(35,36)37/h2-7,12-13,15-16H,8-11,14,17H2,1H3/t27-/m0/s1. The lowest BCUT2D eigenvalue weighted by molar-refractivity contribution is -0.155. The van der Waals surface area contributed by atoms with Gasteiger partial charge in [0.05, 0.1) is 52.2 Å². The van der Waals surface area contributed by atoms with E-state index in [1.54, 1.807) is 25.1 Å². The minimum atomic E-state index is -5.07. The highest BCUT2D eigenvalue weighted by atomic mass is 35.5. The molecule has 1 amide bonds. The topological polar surface area (TPSA) is 72.9 Å². The minimum absolute atomic E-state index is 0.0112. The fourth-order valence-corrected chi connectivity index (χ4v) is 5.95. The van der Waals surface area contributed by atoms with Crippen LogP contribution in [0, 0.1) is 6.92 Å². The molecule has 0 bridgehead atoms. The summed E-state index contributed by atoms with van der Waals surface area (Å²) in [5.41, 5.74) is -3.71. The summed E-state index contributed by atoms with van der Waals surface area (Å²) in [6.07, 6.45) is -11.0. The number of amides is 1. The predicted molar refractivity (Wildman–Crippen MR) is 150 cm³/mol. The molecule has 0 unspecified atom stereocenters. The van der Waals surface area contributed by atoms with Gasteiger partial charge in [0.15, 0.2) is 0 Å². The summed E-state index contributed by atoms with van der Waals surface area (Å²) < 4.78 is 117. The first-order chi connectivity index (χ1) is 20.4. The van der Waals surface area contributed by atoms with Gasteiger partial charge in [-0.1, -0.05) is 47.0 Å². The molecule has 15 heteroatoms. The van der Waals surface area contributed by atoms with Gasteiger partial charge in [-0.15, -0.1) is 0 Å². The molecule has 0 spiro atoms. The van der Waals surface area contributed by atoms with Gasteiger partial charge in [0.25, 0.3) is 10.1 Å². The summed E-state index contributed by atoms with van der Waals surface area (Å²) in [4.78, 5) is 14.5. The smallest absolute Gasteiger partial charge is 0.366 e. The molecular weight excluding hydrogens is 659 g/mol. The zero-order valence-electron chi connectivity index (χ0n) is 22.9. The van der Waals surface area contributed by atoms with Crippen molar-refractivity contribution in [2.24, 2.45) is 0 Å². The van der Waals surface area contributed by atoms with Gasteiger partial charge in [-0.3, -0.25) is 8.98 Å². The molecule has 6 nitrogen and oxygen atoms in total. The van der Waals surface area contributed by atoms with Crippen LogP contribution < -0.4 is 0 Å². The molecule has 3 aromatic carbocycles. The van der Waals surface area contributed by atoms with Crippen molar-refractivity contribution in [1.29, 1.82) is 0 Å². The Bertz CT molecular complexity index is 1600. The number of aryl methyl sites for hydroxylation is 1. The van der Waals surface area contributed by atoms with E-state index in [1.165, 1.54) is 29.2 Å². The zero-order chi connectivity index (χ0) is 32.5. The number of halogens is 8. The van der Waals surface area contributed by atoms with E-state index in [9.17, 15) is 39.6 Å². The largest absolute Gasteiger partial charge is 0.416 e. The molecular formula is C29H25Cl2F6NO5S. The summed E-state index contributed by atoms with van der Waals surface area (Å²) in [5, 5.41) is 0.338. The fourth-order valence-electron chi connectivity index (χ4n) is 4.74. The first-order valence-corrected chi connectivity index (χ1v) is 15.2. The lowest BCUT2D eigenvalue weighted by atomic mass is 9.88. The summed E-state index contributed by atoms with van der Waals surface area (Å²) >= 11 is 12.3. The number of hydrogen-bond acceptors (Lipinski definition) is 5. The predicted octanol–water partition coefficient (Wildman–Crippen LogP) is 7.43. The van der Waals surface area contributed by atoms with Crippen molar-refractivity contribution in [3.63, 3.8) is 0 Å². The van der Waals surface area contributed by atoms with E-state index in [4.69, 9.17) is 32.1 Å². The summed E-state index contributed by atoms with van der Waals surface area (Å²) in [6.45, 7) is 1.03. The van der Waals surface area contributed by atoms with Crippen molar-refractivity contribution in [3.8, 4) is 0 Å². The van der Waals surface area contributed by atoms with Crippen LogP contribution in [-0.4, -0.2) is 45.5 Å². The fraction of sp³-hybridized carbons (Fsp3) is 0.345. The van der Waals surface area contributed by atoms with Crippen LogP contribution in [0.5, 0.6) is 0 Å². The molecule has 0 radical (unpaired) electrons. The lowest BCUT2D eigenvalue weighted by Gasteiger charge is -2.43. The van der Waals surface area contributed by atoms with Crippen molar-refractivity contribution in [3.05, 3.63) is 98.5 Å². The van der Waals surface area contributed by atoms with Crippen molar-refractivity contribution in [1.82, 2.24) is 4.90 Å². The Kier molecular flexibility index (Phi) is 9.96. The molecule has 1 aliphatic rings. The first kappa shape index (κ1) is 34.0. The molecule has 4 rings (SSSR count). The maximum Gasteiger partial charge on any atom is 0.416 e. The molecule has 1 saturated heterocycles. The minimum Gasteiger partial charge on any atom is -0.366 e. The number of morpholine rings is 1. The van der Waals surface area contributed by atoms with Crippen molar-refractivity contribution >= 4 is 39.2 Å². The average Bonchev–Trinajstić information content (AvgIpc) is 2.93. The second kappa shape index (κ2) is 12.9. The van der Waals surface area contributed by atoms with E-state index in [0.29, 0.717) is 17.7 Å². The maximum atomic E-state index is 13.4. The van der Waals surface area contributed by atoms with Crippen LogP contribution in [0.4, 0.5) is 26.3 Å². The summed E-state index contributed by atoms with van der Waals surface area (Å²) in [6, 6.07) is 11.5. The van der Waals surface area contributed by atoms with Crippen LogP contribution in [0.3, 0.4) is 0 Å². The third-order valence-corrected chi connectivity index (χ3v) is 9.11. The first-order valence-electron chi connectivity index (χ1n) is 13.0. The molecule has 3 aromatic rings. The highest BCUT2D eigenvalue weighted by Crippen LogP contribution is 2.39. The number of ether oxygens (including phenoxy) is 1. The van der Waals surface area contributed by atoms with Gasteiger partial charge in [0.1, 0.15) is 5.60 Å². The summed E-state index contributed by atoms with van der Waals surface area (Å²) in [5.74, 6) is -0.765. The third kappa shape index (κ3) is 8.05. The molecule has 0 aliphatic carbocycles. The maximum absolute atomic E-state index is 13.4. The molecule has 1 fully saturated rings. The van der Waals surface area contributed by atoms with Gasteiger partial charge < -0.3 is 9.64 Å². The third-order valence-electron chi connectivity index (χ3n) is 7.04. The Balaban J connectivity index is 1.60. The van der Waals surface area contributed by atoms with Crippen molar-refractivity contribution in [2.45, 2.75) is 42.6 Å². The van der Waals surface area contributed by atoms with Crippen LogP contribution in [0.1, 0.15) is 34.2 Å². The summed E-state index contributed by atoms with van der Waals surface area (Å²) in [7, 11) is -4.17. The molecule has 238 valence electrons. The van der Waals surface area contributed by atoms with Crippen molar-refractivity contribution < 1.29 is 48.5 Å². The van der Waals surface area contributed by atoms with E-state index in [1.807, 2.05) is 0 Å². The lowest BCUT2D eigenvalue weighted by Crippen LogP contribution is -2.52. The normalized spacial score (nSPS) is 18.0. The molecule has 0 saturated carbocycles. The number of carbonyl (C=O) groups is 1. The van der Waals surface area contributed by atoms with Crippen LogP contribution >= 0.6 is 23.2 Å². The van der Waals surface area contributed by atoms with Gasteiger partial charge in [-0.2, -0.15) is 34.8 Å². The number of alkyl halides is 6. The van der Waals surface area contributed by atoms with Gasteiger partial charge in [0, 0.05) is 13.0 Å². The SMILES string of the molecule is Cc1ccc(S(=O)(=O)OCC[C@@]2(c3ccc(Cl)c(Cl)c3)CN(C(=O)Cc3cc(C(F)(F)F)cc(C(F)(F)F)c3)CCO2)cc1. The molecule has 1 heterocycles. The Hall–Kier alpha value is -2.84. The molecule has 1 atom stereocenters. The zero-order valence-corrected chi connectivity index (χ0v) is 25.3. The number of carbonyl (C=O) groups excluding carboxylic acids is 1. The molecule has 0 aromatic heterocycles. The number of nitrogens with zero attached hydrogens (tertiary/aromatic N) is 1. The Morgan fingerprint density at radius 1 is 0.932 bits per heavy atom. The van der Waals surface area contributed by atoms with E-state index in [2.05, 4.69) is 0 Å². The molecule has 0 N–H and O–H groups in total. The number of rotatable bonds is 8. The van der Waals surface area contributed by atoms with Gasteiger partial charge in [0.2, 0.25) is 5.91 Å². The number of hydrogen-bond donors (Lipinski definition) is 0. The van der Waals surface area contributed by atoms with Crippen LogP contribution in [-0.2, 0) is 48.2 Å². The highest BCUT2D eigenvalue weighted by molar-refractivity contribution is 7.86. The Morgan fingerprint density at radius 2 is 1.55 bits per heavy atom. The van der Waals surface area contributed by atoms with Crippen LogP contribution in [0.2, 0.25) is 10.0 Å². The van der Waals surface area contributed by atoms with Gasteiger partial charge in [-0.05, 0) is 60.5 Å². The van der Waals surface area contributed by atoms with E-state index in [0.717, 1.165) is 5.56 Å². The van der Waals surface area contributed by atoms with Crippen LogP contribution in [0.25, 0.3) is 0 Å².